The number of nitrogens with one attached hydrogen (secondary N) is 1. The van der Waals surface area contributed by atoms with Crippen LogP contribution in [0.1, 0.15) is 30.0 Å². The van der Waals surface area contributed by atoms with E-state index in [1.165, 1.54) is 18.9 Å². The molecule has 1 saturated heterocycles. The van der Waals surface area contributed by atoms with Crippen molar-refractivity contribution in [3.63, 3.8) is 0 Å². The van der Waals surface area contributed by atoms with Crippen LogP contribution < -0.4 is 5.32 Å². The van der Waals surface area contributed by atoms with Crippen LogP contribution in [0.15, 0.2) is 75.2 Å². The number of aromatic nitrogens is 1. The van der Waals surface area contributed by atoms with Crippen molar-refractivity contribution in [1.29, 1.82) is 0 Å². The van der Waals surface area contributed by atoms with Gasteiger partial charge in [0, 0.05) is 22.7 Å². The SMILES string of the molecule is COC(=O)CCN1C(=S)N[C@@H](c2ccccn2)[C@@H]1c1ccc(Sc2ccc(Cl)cc2)o1. The van der Waals surface area contributed by atoms with E-state index in [1.807, 2.05) is 59.5 Å². The molecule has 4 rings (SSSR count). The third kappa shape index (κ3) is 5.03. The van der Waals surface area contributed by atoms with Crippen molar-refractivity contribution < 1.29 is 13.9 Å². The van der Waals surface area contributed by atoms with Crippen molar-refractivity contribution in [2.24, 2.45) is 0 Å². The average molecular weight is 474 g/mol. The zero-order valence-electron chi connectivity index (χ0n) is 16.7. The molecule has 2 aromatic heterocycles. The van der Waals surface area contributed by atoms with Gasteiger partial charge in [0.15, 0.2) is 10.2 Å². The molecular weight excluding hydrogens is 454 g/mol. The second-order valence-electron chi connectivity index (χ2n) is 6.86. The molecular formula is C22H20ClN3O3S2. The lowest BCUT2D eigenvalue weighted by molar-refractivity contribution is -0.140. The number of halogens is 1. The van der Waals surface area contributed by atoms with Gasteiger partial charge in [-0.3, -0.25) is 9.78 Å². The van der Waals surface area contributed by atoms with E-state index in [4.69, 9.17) is 33.0 Å². The summed E-state index contributed by atoms with van der Waals surface area (Å²) >= 11 is 13.1. The van der Waals surface area contributed by atoms with E-state index in [-0.39, 0.29) is 24.5 Å². The Labute approximate surface area is 194 Å². The normalized spacial score (nSPS) is 18.1. The lowest BCUT2D eigenvalue weighted by Gasteiger charge is -2.25. The predicted octanol–water partition coefficient (Wildman–Crippen LogP) is 5.01. The number of thiocarbonyl (C=S) groups is 1. The first kappa shape index (κ1) is 21.7. The Balaban J connectivity index is 1.61. The Morgan fingerprint density at radius 3 is 2.77 bits per heavy atom. The Morgan fingerprint density at radius 2 is 2.06 bits per heavy atom. The van der Waals surface area contributed by atoms with Crippen LogP contribution >= 0.6 is 35.6 Å². The molecule has 160 valence electrons. The number of nitrogens with zero attached hydrogens (tertiary/aromatic N) is 2. The molecule has 31 heavy (non-hydrogen) atoms. The molecule has 1 aromatic carbocycles. The smallest absolute Gasteiger partial charge is 0.307 e. The summed E-state index contributed by atoms with van der Waals surface area (Å²) in [7, 11) is 1.38. The van der Waals surface area contributed by atoms with Crippen LogP contribution in [-0.4, -0.2) is 34.6 Å². The van der Waals surface area contributed by atoms with Crippen LogP contribution in [0, 0.1) is 0 Å². The summed E-state index contributed by atoms with van der Waals surface area (Å²) in [6.07, 6.45) is 1.97. The van der Waals surface area contributed by atoms with Crippen molar-refractivity contribution in [3.8, 4) is 0 Å². The zero-order valence-corrected chi connectivity index (χ0v) is 19.0. The Bertz CT molecular complexity index is 1060. The summed E-state index contributed by atoms with van der Waals surface area (Å²) in [5.41, 5.74) is 0.846. The maximum Gasteiger partial charge on any atom is 0.307 e. The summed E-state index contributed by atoms with van der Waals surface area (Å²) in [6.45, 7) is 0.410. The molecule has 3 heterocycles. The molecule has 0 bridgehead atoms. The third-order valence-electron chi connectivity index (χ3n) is 4.91. The van der Waals surface area contributed by atoms with E-state index in [2.05, 4.69) is 10.3 Å². The highest BCUT2D eigenvalue weighted by atomic mass is 35.5. The minimum Gasteiger partial charge on any atom is -0.469 e. The minimum absolute atomic E-state index is 0.203. The molecule has 0 spiro atoms. The van der Waals surface area contributed by atoms with E-state index >= 15 is 0 Å². The highest BCUT2D eigenvalue weighted by Gasteiger charge is 2.41. The average Bonchev–Trinajstić information content (AvgIpc) is 3.38. The molecule has 1 N–H and O–H groups in total. The molecule has 2 atom stereocenters. The Morgan fingerprint density at radius 1 is 1.26 bits per heavy atom. The molecule has 9 heteroatoms. The van der Waals surface area contributed by atoms with Gasteiger partial charge in [0.2, 0.25) is 0 Å². The van der Waals surface area contributed by atoms with Crippen molar-refractivity contribution in [2.45, 2.75) is 28.5 Å². The van der Waals surface area contributed by atoms with Gasteiger partial charge in [0.05, 0.1) is 25.3 Å². The maximum absolute atomic E-state index is 11.7. The van der Waals surface area contributed by atoms with Gasteiger partial charge in [0.1, 0.15) is 11.8 Å². The molecule has 1 aliphatic heterocycles. The fourth-order valence-corrected chi connectivity index (χ4v) is 4.67. The van der Waals surface area contributed by atoms with Gasteiger partial charge >= 0.3 is 5.97 Å². The van der Waals surface area contributed by atoms with Crippen LogP contribution in [0.4, 0.5) is 0 Å². The van der Waals surface area contributed by atoms with Crippen LogP contribution in [-0.2, 0) is 9.53 Å². The van der Waals surface area contributed by atoms with Gasteiger partial charge in [-0.15, -0.1) is 0 Å². The number of esters is 1. The second kappa shape index (κ2) is 9.72. The van der Waals surface area contributed by atoms with Gasteiger partial charge in [-0.2, -0.15) is 0 Å². The number of pyridine rings is 1. The summed E-state index contributed by atoms with van der Waals surface area (Å²) in [5, 5.41) is 5.33. The Kier molecular flexibility index (Phi) is 6.80. The largest absolute Gasteiger partial charge is 0.469 e. The van der Waals surface area contributed by atoms with Gasteiger partial charge in [-0.05, 0) is 60.7 Å². The fourth-order valence-electron chi connectivity index (χ4n) is 3.44. The highest BCUT2D eigenvalue weighted by molar-refractivity contribution is 7.99. The highest BCUT2D eigenvalue weighted by Crippen LogP contribution is 2.41. The molecule has 1 fully saturated rings. The number of hydrogen-bond donors (Lipinski definition) is 1. The lowest BCUT2D eigenvalue weighted by atomic mass is 10.0. The second-order valence-corrected chi connectivity index (χ2v) is 8.76. The van der Waals surface area contributed by atoms with Crippen LogP contribution in [0.5, 0.6) is 0 Å². The molecule has 0 aliphatic carbocycles. The maximum atomic E-state index is 11.7. The van der Waals surface area contributed by atoms with Crippen LogP contribution in [0.2, 0.25) is 5.02 Å². The number of methoxy groups -OCH3 is 1. The predicted molar refractivity (Wildman–Crippen MR) is 123 cm³/mol. The number of furan rings is 1. The zero-order chi connectivity index (χ0) is 21.8. The number of carbonyl (C=O) groups excluding carboxylic acids is 1. The number of ether oxygens (including phenoxy) is 1. The molecule has 0 radical (unpaired) electrons. The van der Waals surface area contributed by atoms with Gasteiger partial charge in [-0.25, -0.2) is 0 Å². The van der Waals surface area contributed by atoms with Crippen molar-refractivity contribution in [3.05, 3.63) is 77.3 Å². The summed E-state index contributed by atoms with van der Waals surface area (Å²) in [4.78, 5) is 19.2. The quantitative estimate of drug-likeness (QED) is 0.379. The number of carbonyl (C=O) groups is 1. The first-order valence-electron chi connectivity index (χ1n) is 9.63. The fraction of sp³-hybridized carbons (Fsp3) is 0.227. The standard InChI is InChI=1S/C22H20ClN3O3S2/c1-28-18(27)11-13-26-21(20(25-22(26)30)16-4-2-3-12-24-16)17-9-10-19(29-17)31-15-7-5-14(23)6-8-15/h2-10,12,20-21H,11,13H2,1H3,(H,25,30)/t20-,21-/m0/s1. The first-order chi connectivity index (χ1) is 15.0. The third-order valence-corrected chi connectivity index (χ3v) is 6.44. The van der Waals surface area contributed by atoms with Gasteiger partial charge in [0.25, 0.3) is 0 Å². The molecule has 0 unspecified atom stereocenters. The summed E-state index contributed by atoms with van der Waals surface area (Å²) < 4.78 is 11.0. The monoisotopic (exact) mass is 473 g/mol. The van der Waals surface area contributed by atoms with Crippen molar-refractivity contribution >= 4 is 46.7 Å². The summed E-state index contributed by atoms with van der Waals surface area (Å²) in [6, 6.07) is 16.8. The van der Waals surface area contributed by atoms with Gasteiger partial charge in [-0.1, -0.05) is 29.4 Å². The molecule has 0 amide bonds. The number of rotatable bonds is 7. The van der Waals surface area contributed by atoms with E-state index in [0.717, 1.165) is 21.4 Å². The number of hydrogen-bond acceptors (Lipinski definition) is 6. The topological polar surface area (TPSA) is 67.6 Å². The van der Waals surface area contributed by atoms with Crippen LogP contribution in [0.3, 0.4) is 0 Å². The van der Waals surface area contributed by atoms with E-state index < -0.39 is 0 Å². The summed E-state index contributed by atoms with van der Waals surface area (Å²) in [5.74, 6) is 0.450. The lowest BCUT2D eigenvalue weighted by Crippen LogP contribution is -2.31. The van der Waals surface area contributed by atoms with Crippen molar-refractivity contribution in [1.82, 2.24) is 15.2 Å². The van der Waals surface area contributed by atoms with E-state index in [1.54, 1.807) is 6.20 Å². The van der Waals surface area contributed by atoms with Gasteiger partial charge < -0.3 is 19.4 Å². The molecule has 6 nitrogen and oxygen atoms in total. The number of benzene rings is 1. The van der Waals surface area contributed by atoms with E-state index in [0.29, 0.717) is 16.7 Å². The van der Waals surface area contributed by atoms with Crippen molar-refractivity contribution in [2.75, 3.05) is 13.7 Å². The van der Waals surface area contributed by atoms with Crippen LogP contribution in [0.25, 0.3) is 0 Å². The molecule has 3 aromatic rings. The first-order valence-corrected chi connectivity index (χ1v) is 11.2. The van der Waals surface area contributed by atoms with E-state index in [9.17, 15) is 4.79 Å². The Hall–Kier alpha value is -2.55. The molecule has 0 saturated carbocycles. The minimum atomic E-state index is -0.290. The molecule has 1 aliphatic rings.